The molecule has 23 heavy (non-hydrogen) atoms. The third-order valence-electron chi connectivity index (χ3n) is 3.54. The van der Waals surface area contributed by atoms with E-state index in [-0.39, 0.29) is 0 Å². The zero-order valence-electron chi connectivity index (χ0n) is 14.7. The van der Waals surface area contributed by atoms with Crippen LogP contribution in [0.15, 0.2) is 30.3 Å². The van der Waals surface area contributed by atoms with Crippen molar-refractivity contribution >= 4 is 23.1 Å². The zero-order chi connectivity index (χ0) is 16.8. The third kappa shape index (κ3) is 4.84. The average molecular weight is 313 g/mol. The van der Waals surface area contributed by atoms with Crippen LogP contribution in [0.1, 0.15) is 33.4 Å². The summed E-state index contributed by atoms with van der Waals surface area (Å²) in [7, 11) is 0. The highest BCUT2D eigenvalue weighted by Gasteiger charge is 2.05. The Morgan fingerprint density at radius 3 is 2.26 bits per heavy atom. The Morgan fingerprint density at radius 1 is 1.04 bits per heavy atom. The van der Waals surface area contributed by atoms with Gasteiger partial charge in [0.2, 0.25) is 5.95 Å². The molecule has 2 rings (SSSR count). The second-order valence-electron chi connectivity index (χ2n) is 5.86. The second-order valence-corrected chi connectivity index (χ2v) is 5.86. The van der Waals surface area contributed by atoms with Gasteiger partial charge in [-0.2, -0.15) is 4.98 Å². The van der Waals surface area contributed by atoms with Crippen LogP contribution in [-0.4, -0.2) is 29.1 Å². The number of hydrogen-bond acceptors (Lipinski definition) is 5. The standard InChI is InChI=1S/C18H27N5/c1-6-23(7-2)16-10-8-15(9-11-16)21-17-12-14(5)20-18(22-17)19-13(3)4/h8-13H,6-7H2,1-5H3,(H2,19,20,21,22). The summed E-state index contributed by atoms with van der Waals surface area (Å²) in [4.78, 5) is 11.2. The first-order valence-electron chi connectivity index (χ1n) is 8.26. The Morgan fingerprint density at radius 2 is 1.70 bits per heavy atom. The molecule has 0 aliphatic carbocycles. The van der Waals surface area contributed by atoms with Gasteiger partial charge in [0.1, 0.15) is 5.82 Å². The summed E-state index contributed by atoms with van der Waals surface area (Å²) in [5, 5.41) is 6.59. The fourth-order valence-corrected chi connectivity index (χ4v) is 2.45. The Bertz CT molecular complexity index is 618. The predicted molar refractivity (Wildman–Crippen MR) is 98.8 cm³/mol. The van der Waals surface area contributed by atoms with E-state index in [1.807, 2.05) is 13.0 Å². The molecule has 0 saturated carbocycles. The van der Waals surface area contributed by atoms with Gasteiger partial charge in [0, 0.05) is 42.3 Å². The van der Waals surface area contributed by atoms with E-state index < -0.39 is 0 Å². The summed E-state index contributed by atoms with van der Waals surface area (Å²) in [6, 6.07) is 10.7. The largest absolute Gasteiger partial charge is 0.372 e. The van der Waals surface area contributed by atoms with E-state index in [4.69, 9.17) is 0 Å². The molecule has 0 radical (unpaired) electrons. The van der Waals surface area contributed by atoms with Crippen molar-refractivity contribution in [1.29, 1.82) is 0 Å². The molecule has 0 aliphatic rings. The van der Waals surface area contributed by atoms with Crippen LogP contribution in [0.25, 0.3) is 0 Å². The summed E-state index contributed by atoms with van der Waals surface area (Å²) in [6.07, 6.45) is 0. The molecule has 0 amide bonds. The first-order chi connectivity index (χ1) is 11.0. The molecule has 1 heterocycles. The molecular formula is C18H27N5. The van der Waals surface area contributed by atoms with Crippen molar-refractivity contribution in [2.45, 2.75) is 40.7 Å². The van der Waals surface area contributed by atoms with Crippen LogP contribution >= 0.6 is 0 Å². The Kier molecular flexibility index (Phi) is 5.79. The van der Waals surface area contributed by atoms with Crippen molar-refractivity contribution in [2.75, 3.05) is 28.6 Å². The molecule has 0 spiro atoms. The van der Waals surface area contributed by atoms with E-state index >= 15 is 0 Å². The summed E-state index contributed by atoms with van der Waals surface area (Å²) in [6.45, 7) is 12.5. The van der Waals surface area contributed by atoms with Gasteiger partial charge in [-0.1, -0.05) is 0 Å². The molecule has 0 unspecified atom stereocenters. The number of benzene rings is 1. The molecule has 2 N–H and O–H groups in total. The number of rotatable bonds is 7. The van der Waals surface area contributed by atoms with Crippen LogP contribution in [0.3, 0.4) is 0 Å². The highest BCUT2D eigenvalue weighted by molar-refractivity contribution is 5.61. The molecule has 1 aromatic carbocycles. The van der Waals surface area contributed by atoms with Gasteiger partial charge in [-0.25, -0.2) is 4.98 Å². The number of nitrogens with zero attached hydrogens (tertiary/aromatic N) is 3. The lowest BCUT2D eigenvalue weighted by atomic mass is 10.2. The van der Waals surface area contributed by atoms with Crippen molar-refractivity contribution in [1.82, 2.24) is 9.97 Å². The lowest BCUT2D eigenvalue weighted by Crippen LogP contribution is -2.21. The number of aryl methyl sites for hydroxylation is 1. The van der Waals surface area contributed by atoms with Gasteiger partial charge < -0.3 is 15.5 Å². The molecule has 5 heteroatoms. The summed E-state index contributed by atoms with van der Waals surface area (Å²) in [5.74, 6) is 1.46. The Hall–Kier alpha value is -2.30. The van der Waals surface area contributed by atoms with E-state index in [1.165, 1.54) is 5.69 Å². The van der Waals surface area contributed by atoms with Crippen LogP contribution in [0.5, 0.6) is 0 Å². The molecule has 0 fully saturated rings. The highest BCUT2D eigenvalue weighted by Crippen LogP contribution is 2.21. The first kappa shape index (κ1) is 17.1. The fraction of sp³-hybridized carbons (Fsp3) is 0.444. The highest BCUT2D eigenvalue weighted by atomic mass is 15.2. The molecule has 2 aromatic rings. The molecule has 124 valence electrons. The molecule has 0 saturated heterocycles. The predicted octanol–water partition coefficient (Wildman–Crippen LogP) is 4.20. The average Bonchev–Trinajstić information content (AvgIpc) is 2.49. The van der Waals surface area contributed by atoms with Crippen molar-refractivity contribution in [3.05, 3.63) is 36.0 Å². The van der Waals surface area contributed by atoms with E-state index in [9.17, 15) is 0 Å². The quantitative estimate of drug-likeness (QED) is 0.802. The first-order valence-corrected chi connectivity index (χ1v) is 8.26. The van der Waals surface area contributed by atoms with E-state index in [0.29, 0.717) is 12.0 Å². The SMILES string of the molecule is CCN(CC)c1ccc(Nc2cc(C)nc(NC(C)C)n2)cc1. The van der Waals surface area contributed by atoms with Crippen LogP contribution in [0, 0.1) is 6.92 Å². The van der Waals surface area contributed by atoms with Crippen LogP contribution in [0.4, 0.5) is 23.1 Å². The lowest BCUT2D eigenvalue weighted by Gasteiger charge is -2.21. The third-order valence-corrected chi connectivity index (χ3v) is 3.54. The van der Waals surface area contributed by atoms with E-state index in [1.54, 1.807) is 0 Å². The minimum Gasteiger partial charge on any atom is -0.372 e. The van der Waals surface area contributed by atoms with Crippen molar-refractivity contribution in [3.8, 4) is 0 Å². The normalized spacial score (nSPS) is 10.7. The maximum Gasteiger partial charge on any atom is 0.225 e. The molecule has 5 nitrogen and oxygen atoms in total. The number of anilines is 4. The maximum atomic E-state index is 4.52. The molecule has 0 bridgehead atoms. The number of aromatic nitrogens is 2. The van der Waals surface area contributed by atoms with E-state index in [2.05, 4.69) is 77.5 Å². The van der Waals surface area contributed by atoms with Gasteiger partial charge in [-0.15, -0.1) is 0 Å². The van der Waals surface area contributed by atoms with Crippen LogP contribution < -0.4 is 15.5 Å². The smallest absolute Gasteiger partial charge is 0.225 e. The summed E-state index contributed by atoms with van der Waals surface area (Å²) >= 11 is 0. The maximum absolute atomic E-state index is 4.52. The number of hydrogen-bond donors (Lipinski definition) is 2. The van der Waals surface area contributed by atoms with Crippen molar-refractivity contribution in [2.24, 2.45) is 0 Å². The zero-order valence-corrected chi connectivity index (χ0v) is 14.7. The monoisotopic (exact) mass is 313 g/mol. The lowest BCUT2D eigenvalue weighted by molar-refractivity contribution is 0.866. The summed E-state index contributed by atoms with van der Waals surface area (Å²) in [5.41, 5.74) is 3.20. The minimum atomic E-state index is 0.304. The van der Waals surface area contributed by atoms with Crippen molar-refractivity contribution < 1.29 is 0 Å². The minimum absolute atomic E-state index is 0.304. The number of nitrogens with one attached hydrogen (secondary N) is 2. The fourth-order valence-electron chi connectivity index (χ4n) is 2.45. The second kappa shape index (κ2) is 7.81. The van der Waals surface area contributed by atoms with Gasteiger partial charge >= 0.3 is 0 Å². The van der Waals surface area contributed by atoms with Gasteiger partial charge in [-0.3, -0.25) is 0 Å². The van der Waals surface area contributed by atoms with Crippen molar-refractivity contribution in [3.63, 3.8) is 0 Å². The topological polar surface area (TPSA) is 53.1 Å². The molecule has 0 atom stereocenters. The van der Waals surface area contributed by atoms with Gasteiger partial charge in [0.05, 0.1) is 0 Å². The van der Waals surface area contributed by atoms with Crippen LogP contribution in [0.2, 0.25) is 0 Å². The van der Waals surface area contributed by atoms with Gasteiger partial charge in [-0.05, 0) is 58.9 Å². The summed E-state index contributed by atoms with van der Waals surface area (Å²) < 4.78 is 0. The van der Waals surface area contributed by atoms with Gasteiger partial charge in [0.25, 0.3) is 0 Å². The van der Waals surface area contributed by atoms with Crippen LogP contribution in [-0.2, 0) is 0 Å². The molecule has 1 aromatic heterocycles. The van der Waals surface area contributed by atoms with E-state index in [0.717, 1.165) is 30.3 Å². The molecule has 0 aliphatic heterocycles. The Labute approximate surface area is 139 Å². The Balaban J connectivity index is 2.14. The van der Waals surface area contributed by atoms with Gasteiger partial charge in [0.15, 0.2) is 0 Å². The molecular weight excluding hydrogens is 286 g/mol.